The number of hydrogen-bond acceptors (Lipinski definition) is 3. The maximum Gasteiger partial charge on any atom is 0.279 e. The first-order valence-electron chi connectivity index (χ1n) is 10.4. The molecule has 2 aromatic carbocycles. The molecule has 1 saturated heterocycles. The van der Waals surface area contributed by atoms with Crippen LogP contribution >= 0.6 is 0 Å². The van der Waals surface area contributed by atoms with Crippen LogP contribution in [-0.4, -0.2) is 51.6 Å². The molecule has 0 saturated carbocycles. The van der Waals surface area contributed by atoms with Gasteiger partial charge < -0.3 is 25.2 Å². The maximum atomic E-state index is 12.6. The van der Waals surface area contributed by atoms with Crippen molar-refractivity contribution in [1.29, 1.82) is 0 Å². The second kappa shape index (κ2) is 10.2. The lowest BCUT2D eigenvalue weighted by Crippen LogP contribution is -3.28. The topological polar surface area (TPSA) is 76.3 Å². The Kier molecular flexibility index (Phi) is 7.43. The van der Waals surface area contributed by atoms with E-state index >= 15 is 0 Å². The van der Waals surface area contributed by atoms with Crippen molar-refractivity contribution < 1.29 is 24.1 Å². The van der Waals surface area contributed by atoms with Crippen LogP contribution in [0.25, 0.3) is 0 Å². The number of carbonyl (C=O) groups is 2. The second-order valence-electron chi connectivity index (χ2n) is 7.92. The van der Waals surface area contributed by atoms with E-state index in [9.17, 15) is 9.59 Å². The molecule has 1 aliphatic heterocycles. The lowest BCUT2D eigenvalue weighted by Gasteiger charge is -2.29. The Morgan fingerprint density at radius 1 is 1.00 bits per heavy atom. The van der Waals surface area contributed by atoms with Crippen LogP contribution in [0.1, 0.15) is 18.1 Å². The minimum Gasteiger partial charge on any atom is -0.495 e. The number of rotatable bonds is 7. The maximum absolute atomic E-state index is 12.6. The number of quaternary nitrogens is 2. The van der Waals surface area contributed by atoms with Crippen LogP contribution in [-0.2, 0) is 16.1 Å². The molecule has 0 bridgehead atoms. The summed E-state index contributed by atoms with van der Waals surface area (Å²) in [5.74, 6) is 0.360. The highest BCUT2D eigenvalue weighted by molar-refractivity contribution is 5.95. The van der Waals surface area contributed by atoms with Crippen molar-refractivity contribution in [3.8, 4) is 5.75 Å². The monoisotopic (exact) mass is 412 g/mol. The largest absolute Gasteiger partial charge is 0.495 e. The molecule has 1 fully saturated rings. The van der Waals surface area contributed by atoms with Crippen molar-refractivity contribution >= 4 is 23.2 Å². The van der Waals surface area contributed by atoms with E-state index in [2.05, 4.69) is 41.8 Å². The van der Waals surface area contributed by atoms with Crippen LogP contribution in [0.2, 0.25) is 0 Å². The summed E-state index contributed by atoms with van der Waals surface area (Å²) in [6.45, 7) is 9.12. The normalized spacial score (nSPS) is 18.5. The van der Waals surface area contributed by atoms with Gasteiger partial charge in [0.2, 0.25) is 5.91 Å². The number of piperazine rings is 1. The average Bonchev–Trinajstić information content (AvgIpc) is 2.71. The van der Waals surface area contributed by atoms with Crippen LogP contribution in [0.4, 0.5) is 11.4 Å². The fourth-order valence-corrected chi connectivity index (χ4v) is 3.90. The Labute approximate surface area is 178 Å². The molecule has 7 heteroatoms. The third-order valence-corrected chi connectivity index (χ3v) is 5.57. The van der Waals surface area contributed by atoms with Gasteiger partial charge in [-0.15, -0.1) is 0 Å². The number of hydrogen-bond donors (Lipinski definition) is 4. The molecule has 4 N–H and O–H groups in total. The van der Waals surface area contributed by atoms with Gasteiger partial charge in [0.05, 0.1) is 12.8 Å². The Balaban J connectivity index is 1.51. The molecule has 0 aliphatic carbocycles. The van der Waals surface area contributed by atoms with E-state index in [1.807, 2.05) is 0 Å². The van der Waals surface area contributed by atoms with Gasteiger partial charge in [0.15, 0.2) is 6.54 Å². The van der Waals surface area contributed by atoms with Crippen molar-refractivity contribution in [3.63, 3.8) is 0 Å². The zero-order chi connectivity index (χ0) is 21.5. The number of aryl methyl sites for hydroxylation is 1. The molecule has 160 valence electrons. The molecular weight excluding hydrogens is 380 g/mol. The van der Waals surface area contributed by atoms with Gasteiger partial charge >= 0.3 is 0 Å². The van der Waals surface area contributed by atoms with E-state index in [1.54, 1.807) is 30.2 Å². The van der Waals surface area contributed by atoms with E-state index in [1.165, 1.54) is 23.0 Å². The fraction of sp³-hybridized carbons (Fsp3) is 0.391. The first kappa shape index (κ1) is 21.8. The highest BCUT2D eigenvalue weighted by atomic mass is 16.5. The lowest BCUT2D eigenvalue weighted by atomic mass is 10.1. The predicted octanol–water partition coefficient (Wildman–Crippen LogP) is -0.116. The SMILES string of the molecule is COc1ccc(NC(C)=O)cc1NC(=O)C[NH+]1CC[NH+](Cc2ccccc2C)CC1. The molecule has 1 heterocycles. The molecule has 0 atom stereocenters. The Bertz CT molecular complexity index is 892. The van der Waals surface area contributed by atoms with E-state index in [-0.39, 0.29) is 11.8 Å². The minimum atomic E-state index is -0.159. The Morgan fingerprint density at radius 2 is 1.70 bits per heavy atom. The molecule has 0 radical (unpaired) electrons. The first-order chi connectivity index (χ1) is 14.4. The molecule has 3 rings (SSSR count). The van der Waals surface area contributed by atoms with Gasteiger partial charge in [0.1, 0.15) is 38.5 Å². The predicted molar refractivity (Wildman–Crippen MR) is 117 cm³/mol. The average molecular weight is 413 g/mol. The quantitative estimate of drug-likeness (QED) is 0.512. The lowest BCUT2D eigenvalue weighted by molar-refractivity contribution is -1.02. The minimum absolute atomic E-state index is 0.0503. The van der Waals surface area contributed by atoms with E-state index in [0.29, 0.717) is 23.7 Å². The zero-order valence-electron chi connectivity index (χ0n) is 18.0. The van der Waals surface area contributed by atoms with Gasteiger partial charge in [-0.1, -0.05) is 24.3 Å². The van der Waals surface area contributed by atoms with Gasteiger partial charge in [-0.05, 0) is 30.7 Å². The molecule has 0 unspecified atom stereocenters. The highest BCUT2D eigenvalue weighted by Gasteiger charge is 2.25. The van der Waals surface area contributed by atoms with Crippen LogP contribution < -0.4 is 25.2 Å². The molecule has 7 nitrogen and oxygen atoms in total. The van der Waals surface area contributed by atoms with Crippen LogP contribution in [0, 0.1) is 6.92 Å². The van der Waals surface area contributed by atoms with E-state index < -0.39 is 0 Å². The summed E-state index contributed by atoms with van der Waals surface area (Å²) in [5, 5.41) is 5.66. The second-order valence-corrected chi connectivity index (χ2v) is 7.92. The van der Waals surface area contributed by atoms with Crippen LogP contribution in [0.15, 0.2) is 42.5 Å². The van der Waals surface area contributed by atoms with Gasteiger partial charge in [0.25, 0.3) is 5.91 Å². The van der Waals surface area contributed by atoms with Gasteiger partial charge in [-0.2, -0.15) is 0 Å². The fourth-order valence-electron chi connectivity index (χ4n) is 3.90. The number of nitrogens with one attached hydrogen (secondary N) is 4. The van der Waals surface area contributed by atoms with E-state index in [0.717, 1.165) is 32.7 Å². The van der Waals surface area contributed by atoms with Gasteiger partial charge in [-0.25, -0.2) is 0 Å². The standard InChI is InChI=1S/C23H30N4O3/c1-17-6-4-5-7-19(17)15-26-10-12-27(13-11-26)16-23(29)25-21-14-20(24-18(2)28)8-9-22(21)30-3/h4-9,14H,10-13,15-16H2,1-3H3,(H,24,28)(H,25,29)/p+2. The summed E-state index contributed by atoms with van der Waals surface area (Å²) in [4.78, 5) is 26.8. The molecule has 0 spiro atoms. The zero-order valence-corrected chi connectivity index (χ0v) is 18.0. The van der Waals surface area contributed by atoms with Crippen molar-refractivity contribution in [1.82, 2.24) is 0 Å². The number of anilines is 2. The summed E-state index contributed by atoms with van der Waals surface area (Å²) in [7, 11) is 1.56. The molecule has 2 aromatic rings. The van der Waals surface area contributed by atoms with Crippen LogP contribution in [0.5, 0.6) is 5.75 Å². The van der Waals surface area contributed by atoms with Crippen molar-refractivity contribution in [2.24, 2.45) is 0 Å². The molecule has 1 aliphatic rings. The molecule has 30 heavy (non-hydrogen) atoms. The molecular formula is C23H32N4O3+2. The first-order valence-corrected chi connectivity index (χ1v) is 10.4. The number of amides is 2. The third kappa shape index (κ3) is 6.05. The van der Waals surface area contributed by atoms with Gasteiger partial charge in [0, 0.05) is 18.2 Å². The summed E-state index contributed by atoms with van der Waals surface area (Å²) < 4.78 is 5.34. The highest BCUT2D eigenvalue weighted by Crippen LogP contribution is 2.27. The van der Waals surface area contributed by atoms with Crippen LogP contribution in [0.3, 0.4) is 0 Å². The molecule has 0 aromatic heterocycles. The Hall–Kier alpha value is -2.90. The molecule has 2 amide bonds. The van der Waals surface area contributed by atoms with Crippen molar-refractivity contribution in [2.75, 3.05) is 50.5 Å². The number of methoxy groups -OCH3 is 1. The smallest absolute Gasteiger partial charge is 0.279 e. The summed E-state index contributed by atoms with van der Waals surface area (Å²) in [6.07, 6.45) is 0. The summed E-state index contributed by atoms with van der Waals surface area (Å²) in [6, 6.07) is 13.8. The van der Waals surface area contributed by atoms with Crippen molar-refractivity contribution in [2.45, 2.75) is 20.4 Å². The van der Waals surface area contributed by atoms with Crippen molar-refractivity contribution in [3.05, 3.63) is 53.6 Å². The number of carbonyl (C=O) groups excluding carboxylic acids is 2. The summed E-state index contributed by atoms with van der Waals surface area (Å²) in [5.41, 5.74) is 3.94. The number of benzene rings is 2. The van der Waals surface area contributed by atoms with E-state index in [4.69, 9.17) is 4.74 Å². The third-order valence-electron chi connectivity index (χ3n) is 5.57. The van der Waals surface area contributed by atoms with Gasteiger partial charge in [-0.3, -0.25) is 9.59 Å². The summed E-state index contributed by atoms with van der Waals surface area (Å²) >= 11 is 0. The number of ether oxygens (including phenoxy) is 1. The Morgan fingerprint density at radius 3 is 2.37 bits per heavy atom.